The van der Waals surface area contributed by atoms with Gasteiger partial charge < -0.3 is 0 Å². The van der Waals surface area contributed by atoms with E-state index in [2.05, 4.69) is 20.8 Å². The van der Waals surface area contributed by atoms with Crippen LogP contribution >= 0.6 is 11.8 Å². The lowest BCUT2D eigenvalue weighted by Crippen LogP contribution is -2.05. The largest absolute Gasteiger partial charge is 0.279 e. The van der Waals surface area contributed by atoms with E-state index in [0.717, 1.165) is 6.42 Å². The maximum Gasteiger partial charge on any atom is 0.0957 e. The first kappa shape index (κ1) is 10.1. The van der Waals surface area contributed by atoms with Crippen LogP contribution in [0.4, 0.5) is 0 Å². The lowest BCUT2D eigenvalue weighted by Gasteiger charge is -2.05. The van der Waals surface area contributed by atoms with E-state index in [4.69, 9.17) is 4.99 Å². The van der Waals surface area contributed by atoms with Crippen LogP contribution in [-0.4, -0.2) is 16.3 Å². The van der Waals surface area contributed by atoms with Crippen molar-refractivity contribution in [3.8, 4) is 0 Å². The van der Waals surface area contributed by atoms with Crippen molar-refractivity contribution < 1.29 is 0 Å². The highest BCUT2D eigenvalue weighted by atomic mass is 32.2. The van der Waals surface area contributed by atoms with Crippen molar-refractivity contribution in [3.05, 3.63) is 0 Å². The molecule has 1 aliphatic rings. The van der Waals surface area contributed by atoms with Crippen LogP contribution in [0.3, 0.4) is 0 Å². The zero-order chi connectivity index (χ0) is 8.97. The van der Waals surface area contributed by atoms with Gasteiger partial charge in [-0.25, -0.2) is 0 Å². The molecule has 0 N–H and O–H groups in total. The fraction of sp³-hybridized carbons (Fsp3) is 0.900. The van der Waals surface area contributed by atoms with Crippen LogP contribution in [0, 0.1) is 0 Å². The topological polar surface area (TPSA) is 12.4 Å². The summed E-state index contributed by atoms with van der Waals surface area (Å²) in [4.78, 5) is 4.70. The third kappa shape index (κ3) is 2.51. The summed E-state index contributed by atoms with van der Waals surface area (Å²) in [7, 11) is 0. The van der Waals surface area contributed by atoms with Crippen LogP contribution in [0.5, 0.6) is 0 Å². The molecule has 2 atom stereocenters. The molecule has 0 aliphatic carbocycles. The van der Waals surface area contributed by atoms with Gasteiger partial charge in [-0.15, -0.1) is 11.8 Å². The van der Waals surface area contributed by atoms with Crippen molar-refractivity contribution in [3.63, 3.8) is 0 Å². The molecular formula is C10H19NS. The Labute approximate surface area is 80.0 Å². The SMILES string of the molecule is CCCC[C@@H]1N=C(CC)[C@H](C)S1. The van der Waals surface area contributed by atoms with E-state index < -0.39 is 0 Å². The zero-order valence-electron chi connectivity index (χ0n) is 8.34. The average molecular weight is 185 g/mol. The monoisotopic (exact) mass is 185 g/mol. The lowest BCUT2D eigenvalue weighted by atomic mass is 10.2. The second kappa shape index (κ2) is 4.90. The number of unbranched alkanes of at least 4 members (excludes halogenated alkanes) is 1. The molecule has 1 rings (SSSR count). The molecule has 0 aromatic rings. The summed E-state index contributed by atoms with van der Waals surface area (Å²) in [6.07, 6.45) is 5.03. The Hall–Kier alpha value is 0.0200. The Bertz CT molecular complexity index is 165. The minimum atomic E-state index is 0.579. The molecule has 1 heterocycles. The Morgan fingerprint density at radius 3 is 2.67 bits per heavy atom. The molecule has 1 nitrogen and oxygen atoms in total. The Morgan fingerprint density at radius 1 is 1.42 bits per heavy atom. The third-order valence-corrected chi connectivity index (χ3v) is 3.64. The van der Waals surface area contributed by atoms with E-state index >= 15 is 0 Å². The molecule has 0 aromatic carbocycles. The van der Waals surface area contributed by atoms with E-state index in [1.807, 2.05) is 11.8 Å². The summed E-state index contributed by atoms with van der Waals surface area (Å²) < 4.78 is 0. The zero-order valence-corrected chi connectivity index (χ0v) is 9.16. The molecular weight excluding hydrogens is 166 g/mol. The summed E-state index contributed by atoms with van der Waals surface area (Å²) in [6, 6.07) is 0. The maximum atomic E-state index is 4.70. The van der Waals surface area contributed by atoms with Crippen LogP contribution in [-0.2, 0) is 0 Å². The molecule has 0 aromatic heterocycles. The normalized spacial score (nSPS) is 29.1. The first-order valence-corrected chi connectivity index (χ1v) is 5.94. The number of hydrogen-bond acceptors (Lipinski definition) is 2. The molecule has 0 amide bonds. The average Bonchev–Trinajstić information content (AvgIpc) is 2.43. The van der Waals surface area contributed by atoms with Gasteiger partial charge >= 0.3 is 0 Å². The summed E-state index contributed by atoms with van der Waals surface area (Å²) in [5, 5.41) is 1.26. The van der Waals surface area contributed by atoms with Crippen LogP contribution in [0.1, 0.15) is 46.5 Å². The smallest absolute Gasteiger partial charge is 0.0957 e. The van der Waals surface area contributed by atoms with Crippen LogP contribution in [0.15, 0.2) is 4.99 Å². The highest BCUT2D eigenvalue weighted by molar-refractivity contribution is 8.01. The molecule has 2 heteroatoms. The Balaban J connectivity index is 2.35. The molecule has 0 unspecified atom stereocenters. The quantitative estimate of drug-likeness (QED) is 0.653. The lowest BCUT2D eigenvalue weighted by molar-refractivity contribution is 0.703. The van der Waals surface area contributed by atoms with Crippen LogP contribution in [0.25, 0.3) is 0 Å². The van der Waals surface area contributed by atoms with E-state index in [9.17, 15) is 0 Å². The van der Waals surface area contributed by atoms with Crippen molar-refractivity contribution in [2.24, 2.45) is 4.99 Å². The number of rotatable bonds is 4. The predicted octanol–water partition coefficient (Wildman–Crippen LogP) is 3.49. The number of thioether (sulfide) groups is 1. The van der Waals surface area contributed by atoms with Gasteiger partial charge in [0, 0.05) is 11.0 Å². The molecule has 0 spiro atoms. The van der Waals surface area contributed by atoms with Gasteiger partial charge in [-0.1, -0.05) is 26.7 Å². The van der Waals surface area contributed by atoms with E-state index in [-0.39, 0.29) is 0 Å². The maximum absolute atomic E-state index is 4.70. The Morgan fingerprint density at radius 2 is 2.17 bits per heavy atom. The second-order valence-corrected chi connectivity index (χ2v) is 4.87. The molecule has 0 saturated heterocycles. The van der Waals surface area contributed by atoms with E-state index in [1.165, 1.54) is 25.0 Å². The Kier molecular flexibility index (Phi) is 4.13. The van der Waals surface area contributed by atoms with Gasteiger partial charge in [0.05, 0.1) is 5.37 Å². The molecule has 0 bridgehead atoms. The predicted molar refractivity (Wildman–Crippen MR) is 58.1 cm³/mol. The fourth-order valence-electron chi connectivity index (χ4n) is 1.52. The molecule has 0 fully saturated rings. The number of aliphatic imine (C=N–C) groups is 1. The van der Waals surface area contributed by atoms with Crippen molar-refractivity contribution >= 4 is 17.5 Å². The molecule has 12 heavy (non-hydrogen) atoms. The van der Waals surface area contributed by atoms with Gasteiger partial charge in [0.25, 0.3) is 0 Å². The van der Waals surface area contributed by atoms with Crippen molar-refractivity contribution in [1.82, 2.24) is 0 Å². The molecule has 0 radical (unpaired) electrons. The van der Waals surface area contributed by atoms with Gasteiger partial charge in [0.2, 0.25) is 0 Å². The van der Waals surface area contributed by atoms with Crippen LogP contribution in [0.2, 0.25) is 0 Å². The van der Waals surface area contributed by atoms with Gasteiger partial charge in [0.1, 0.15) is 0 Å². The second-order valence-electron chi connectivity index (χ2n) is 3.35. The van der Waals surface area contributed by atoms with E-state index in [0.29, 0.717) is 10.6 Å². The molecule has 1 aliphatic heterocycles. The third-order valence-electron chi connectivity index (χ3n) is 2.31. The fourth-order valence-corrected chi connectivity index (χ4v) is 2.88. The molecule has 70 valence electrons. The minimum absolute atomic E-state index is 0.579. The van der Waals surface area contributed by atoms with Gasteiger partial charge in [-0.3, -0.25) is 4.99 Å². The van der Waals surface area contributed by atoms with Crippen molar-refractivity contribution in [1.29, 1.82) is 0 Å². The summed E-state index contributed by atoms with van der Waals surface area (Å²) >= 11 is 2.03. The number of nitrogens with zero attached hydrogens (tertiary/aromatic N) is 1. The van der Waals surface area contributed by atoms with Gasteiger partial charge in [0.15, 0.2) is 0 Å². The van der Waals surface area contributed by atoms with Crippen molar-refractivity contribution in [2.45, 2.75) is 57.1 Å². The summed E-state index contributed by atoms with van der Waals surface area (Å²) in [5.74, 6) is 0. The first-order chi connectivity index (χ1) is 5.77. The summed E-state index contributed by atoms with van der Waals surface area (Å²) in [6.45, 7) is 6.73. The van der Waals surface area contributed by atoms with Gasteiger partial charge in [-0.2, -0.15) is 0 Å². The number of hydrogen-bond donors (Lipinski definition) is 0. The minimum Gasteiger partial charge on any atom is -0.279 e. The van der Waals surface area contributed by atoms with Crippen LogP contribution < -0.4 is 0 Å². The first-order valence-electron chi connectivity index (χ1n) is 5.00. The molecule has 0 saturated carbocycles. The van der Waals surface area contributed by atoms with E-state index in [1.54, 1.807) is 0 Å². The highest BCUT2D eigenvalue weighted by Crippen LogP contribution is 2.31. The summed E-state index contributed by atoms with van der Waals surface area (Å²) in [5.41, 5.74) is 1.42. The van der Waals surface area contributed by atoms with Gasteiger partial charge in [-0.05, 0) is 19.8 Å². The highest BCUT2D eigenvalue weighted by Gasteiger charge is 2.22. The van der Waals surface area contributed by atoms with Crippen molar-refractivity contribution in [2.75, 3.05) is 0 Å². The standard InChI is InChI=1S/C10H19NS/c1-4-6-7-10-11-9(5-2)8(3)12-10/h8,10H,4-7H2,1-3H3/t8-,10+/m0/s1.